The van der Waals surface area contributed by atoms with E-state index >= 15 is 0 Å². The molecule has 0 fully saturated rings. The Labute approximate surface area is 91.7 Å². The van der Waals surface area contributed by atoms with Crippen molar-refractivity contribution in [3.8, 4) is 0 Å². The van der Waals surface area contributed by atoms with Gasteiger partial charge in [-0.3, -0.25) is 0 Å². The molecule has 0 saturated heterocycles. The van der Waals surface area contributed by atoms with E-state index in [1.165, 1.54) is 6.07 Å². The summed E-state index contributed by atoms with van der Waals surface area (Å²) in [4.78, 5) is 0. The van der Waals surface area contributed by atoms with Gasteiger partial charge >= 0.3 is 0 Å². The molecule has 0 aliphatic carbocycles. The van der Waals surface area contributed by atoms with E-state index in [1.807, 2.05) is 19.2 Å². The molecule has 0 saturated carbocycles. The van der Waals surface area contributed by atoms with Crippen LogP contribution in [0.15, 0.2) is 24.3 Å². The van der Waals surface area contributed by atoms with E-state index in [1.54, 1.807) is 6.07 Å². The molecule has 1 unspecified atom stereocenters. The maximum absolute atomic E-state index is 13.7. The van der Waals surface area contributed by atoms with Gasteiger partial charge in [-0.15, -0.1) is 0 Å². The summed E-state index contributed by atoms with van der Waals surface area (Å²) in [7, 11) is 1.88. The zero-order valence-electron chi connectivity index (χ0n) is 9.97. The topological polar surface area (TPSA) is 12.0 Å². The number of hydrogen-bond donors (Lipinski definition) is 1. The number of hydrogen-bond acceptors (Lipinski definition) is 1. The maximum Gasteiger partial charge on any atom is 0.127 e. The van der Waals surface area contributed by atoms with Crippen LogP contribution in [0.1, 0.15) is 38.8 Å². The molecule has 1 atom stereocenters. The largest absolute Gasteiger partial charge is 0.312 e. The molecule has 0 aromatic heterocycles. The van der Waals surface area contributed by atoms with Gasteiger partial charge in [-0.05, 0) is 24.9 Å². The van der Waals surface area contributed by atoms with Gasteiger partial charge in [-0.25, -0.2) is 4.39 Å². The predicted molar refractivity (Wildman–Crippen MR) is 62.3 cm³/mol. The van der Waals surface area contributed by atoms with Gasteiger partial charge in [0, 0.05) is 11.6 Å². The summed E-state index contributed by atoms with van der Waals surface area (Å²) in [6.07, 6.45) is 1.01. The number of benzene rings is 1. The highest BCUT2D eigenvalue weighted by atomic mass is 19.1. The van der Waals surface area contributed by atoms with Gasteiger partial charge in [0.2, 0.25) is 0 Å². The van der Waals surface area contributed by atoms with Gasteiger partial charge in [0.15, 0.2) is 0 Å². The van der Waals surface area contributed by atoms with Crippen molar-refractivity contribution in [3.05, 3.63) is 35.6 Å². The third-order valence-electron chi connectivity index (χ3n) is 3.20. The average Bonchev–Trinajstić information content (AvgIpc) is 2.21. The average molecular weight is 209 g/mol. The molecule has 1 rings (SSSR count). The fourth-order valence-electron chi connectivity index (χ4n) is 1.88. The molecule has 0 heterocycles. The zero-order valence-corrected chi connectivity index (χ0v) is 9.97. The molecule has 0 aliphatic heterocycles. The van der Waals surface area contributed by atoms with Crippen LogP contribution in [0.2, 0.25) is 0 Å². The van der Waals surface area contributed by atoms with Crippen LogP contribution in [0.3, 0.4) is 0 Å². The summed E-state index contributed by atoms with van der Waals surface area (Å²) in [5.41, 5.74) is 0.809. The van der Waals surface area contributed by atoms with Crippen LogP contribution < -0.4 is 5.32 Å². The van der Waals surface area contributed by atoms with Gasteiger partial charge in [0.1, 0.15) is 5.82 Å². The second-order valence-corrected chi connectivity index (χ2v) is 4.59. The molecule has 1 aromatic carbocycles. The van der Waals surface area contributed by atoms with Gasteiger partial charge in [-0.2, -0.15) is 0 Å². The van der Waals surface area contributed by atoms with Crippen LogP contribution in [0.25, 0.3) is 0 Å². The van der Waals surface area contributed by atoms with Crippen LogP contribution in [0.4, 0.5) is 4.39 Å². The highest BCUT2D eigenvalue weighted by Crippen LogP contribution is 2.36. The smallest absolute Gasteiger partial charge is 0.127 e. The minimum atomic E-state index is -0.127. The van der Waals surface area contributed by atoms with Crippen LogP contribution in [-0.4, -0.2) is 7.05 Å². The van der Waals surface area contributed by atoms with Gasteiger partial charge < -0.3 is 5.32 Å². The summed E-state index contributed by atoms with van der Waals surface area (Å²) >= 11 is 0. The SMILES string of the molecule is CCC(C)(C)C(NC)c1ccccc1F. The van der Waals surface area contributed by atoms with E-state index in [-0.39, 0.29) is 17.3 Å². The van der Waals surface area contributed by atoms with Crippen molar-refractivity contribution in [2.45, 2.75) is 33.2 Å². The lowest BCUT2D eigenvalue weighted by atomic mass is 9.78. The molecule has 0 radical (unpaired) electrons. The lowest BCUT2D eigenvalue weighted by molar-refractivity contribution is 0.240. The minimum Gasteiger partial charge on any atom is -0.312 e. The summed E-state index contributed by atoms with van der Waals surface area (Å²) in [6, 6.07) is 7.04. The first-order chi connectivity index (χ1) is 7.03. The van der Waals surface area contributed by atoms with Crippen LogP contribution in [0, 0.1) is 11.2 Å². The van der Waals surface area contributed by atoms with Gasteiger partial charge in [-0.1, -0.05) is 39.0 Å². The highest BCUT2D eigenvalue weighted by Gasteiger charge is 2.29. The summed E-state index contributed by atoms with van der Waals surface area (Å²) < 4.78 is 13.7. The molecular weight excluding hydrogens is 189 g/mol. The predicted octanol–water partition coefficient (Wildman–Crippen LogP) is 3.52. The summed E-state index contributed by atoms with van der Waals surface area (Å²) in [5.74, 6) is -0.127. The van der Waals surface area contributed by atoms with Crippen LogP contribution in [-0.2, 0) is 0 Å². The summed E-state index contributed by atoms with van der Waals surface area (Å²) in [5, 5.41) is 3.21. The molecular formula is C13H20FN. The number of rotatable bonds is 4. The monoisotopic (exact) mass is 209 g/mol. The molecule has 0 aliphatic rings. The molecule has 0 spiro atoms. The summed E-state index contributed by atoms with van der Waals surface area (Å²) in [6.45, 7) is 6.44. The Balaban J connectivity index is 3.08. The minimum absolute atomic E-state index is 0.0525. The fourth-order valence-corrected chi connectivity index (χ4v) is 1.88. The third kappa shape index (κ3) is 2.57. The normalized spacial score (nSPS) is 13.9. The van der Waals surface area contributed by atoms with Crippen molar-refractivity contribution < 1.29 is 4.39 Å². The van der Waals surface area contributed by atoms with Crippen molar-refractivity contribution in [1.82, 2.24) is 5.32 Å². The fraction of sp³-hybridized carbons (Fsp3) is 0.538. The van der Waals surface area contributed by atoms with Crippen LogP contribution >= 0.6 is 0 Å². The van der Waals surface area contributed by atoms with E-state index < -0.39 is 0 Å². The third-order valence-corrected chi connectivity index (χ3v) is 3.20. The van der Waals surface area contributed by atoms with E-state index in [0.717, 1.165) is 12.0 Å². The van der Waals surface area contributed by atoms with E-state index in [0.29, 0.717) is 0 Å². The Morgan fingerprint density at radius 3 is 2.40 bits per heavy atom. The molecule has 1 nitrogen and oxygen atoms in total. The maximum atomic E-state index is 13.7. The van der Waals surface area contributed by atoms with E-state index in [9.17, 15) is 4.39 Å². The molecule has 2 heteroatoms. The molecule has 0 amide bonds. The zero-order chi connectivity index (χ0) is 11.5. The quantitative estimate of drug-likeness (QED) is 0.800. The molecule has 0 bridgehead atoms. The Bertz CT molecular complexity index is 320. The second-order valence-electron chi connectivity index (χ2n) is 4.59. The first kappa shape index (κ1) is 12.2. The Hall–Kier alpha value is -0.890. The number of halogens is 1. The van der Waals surface area contributed by atoms with Crippen molar-refractivity contribution in [1.29, 1.82) is 0 Å². The lowest BCUT2D eigenvalue weighted by Crippen LogP contribution is -2.32. The Morgan fingerprint density at radius 1 is 1.33 bits per heavy atom. The van der Waals surface area contributed by atoms with Gasteiger partial charge in [0.25, 0.3) is 0 Å². The lowest BCUT2D eigenvalue weighted by Gasteiger charge is -2.33. The standard InChI is InChI=1S/C13H20FN/c1-5-13(2,3)12(15-4)10-8-6-7-9-11(10)14/h6-9,12,15H,5H2,1-4H3. The second kappa shape index (κ2) is 4.75. The Kier molecular flexibility index (Phi) is 3.86. The molecule has 84 valence electrons. The van der Waals surface area contributed by atoms with E-state index in [2.05, 4.69) is 26.1 Å². The molecule has 1 aromatic rings. The Morgan fingerprint density at radius 2 is 1.93 bits per heavy atom. The van der Waals surface area contributed by atoms with Crippen molar-refractivity contribution in [2.75, 3.05) is 7.05 Å². The molecule has 15 heavy (non-hydrogen) atoms. The molecule has 1 N–H and O–H groups in total. The van der Waals surface area contributed by atoms with Crippen molar-refractivity contribution >= 4 is 0 Å². The first-order valence-electron chi connectivity index (χ1n) is 5.44. The first-order valence-corrected chi connectivity index (χ1v) is 5.44. The van der Waals surface area contributed by atoms with Crippen molar-refractivity contribution in [3.63, 3.8) is 0 Å². The van der Waals surface area contributed by atoms with Crippen molar-refractivity contribution in [2.24, 2.45) is 5.41 Å². The van der Waals surface area contributed by atoms with E-state index in [4.69, 9.17) is 0 Å². The van der Waals surface area contributed by atoms with Gasteiger partial charge in [0.05, 0.1) is 0 Å². The number of nitrogens with one attached hydrogen (secondary N) is 1. The van der Waals surface area contributed by atoms with Crippen LogP contribution in [0.5, 0.6) is 0 Å². The highest BCUT2D eigenvalue weighted by molar-refractivity contribution is 5.23.